The molecule has 0 radical (unpaired) electrons. The Bertz CT molecular complexity index is 708. The van der Waals surface area contributed by atoms with Crippen LogP contribution in [-0.2, 0) is 11.0 Å². The van der Waals surface area contributed by atoms with Crippen LogP contribution in [0, 0.1) is 6.92 Å². The summed E-state index contributed by atoms with van der Waals surface area (Å²) in [6.07, 6.45) is 8.23. The maximum atomic E-state index is 12.4. The van der Waals surface area contributed by atoms with E-state index in [2.05, 4.69) is 24.3 Å². The van der Waals surface area contributed by atoms with E-state index in [-0.39, 0.29) is 5.52 Å². The van der Waals surface area contributed by atoms with Crippen molar-refractivity contribution in [3.05, 3.63) is 70.2 Å². The van der Waals surface area contributed by atoms with Gasteiger partial charge in [0.15, 0.2) is 6.16 Å². The van der Waals surface area contributed by atoms with E-state index in [1.165, 1.54) is 24.8 Å². The van der Waals surface area contributed by atoms with E-state index in [9.17, 15) is 9.36 Å². The number of hydrogen-bond acceptors (Lipinski definition) is 2. The monoisotopic (exact) mass is 389 g/mol. The second-order valence-corrected chi connectivity index (χ2v) is 8.71. The third kappa shape index (κ3) is 6.67. The van der Waals surface area contributed by atoms with Gasteiger partial charge in [-0.2, -0.15) is 0 Å². The van der Waals surface area contributed by atoms with Crippen LogP contribution in [0.5, 0.6) is 0 Å². The van der Waals surface area contributed by atoms with Crippen LogP contribution in [0.4, 0.5) is 0 Å². The van der Waals surface area contributed by atoms with E-state index in [0.29, 0.717) is 16.7 Å². The van der Waals surface area contributed by atoms with Gasteiger partial charge in [-0.15, -0.1) is 0 Å². The zero-order chi connectivity index (χ0) is 18.8. The topological polar surface area (TPSA) is 34.1 Å². The van der Waals surface area contributed by atoms with Gasteiger partial charge in [-0.1, -0.05) is 77.9 Å². The lowest BCUT2D eigenvalue weighted by Crippen LogP contribution is -2.00. The van der Waals surface area contributed by atoms with E-state index >= 15 is 0 Å². The highest BCUT2D eigenvalue weighted by Gasteiger charge is 2.31. The first-order valence-corrected chi connectivity index (χ1v) is 11.2. The maximum Gasteiger partial charge on any atom is 0.420 e. The van der Waals surface area contributed by atoms with E-state index in [0.717, 1.165) is 31.2 Å². The first-order valence-electron chi connectivity index (χ1n) is 9.37. The number of unbranched alkanes of at least 4 members (excludes halogenated alkanes) is 5. The van der Waals surface area contributed by atoms with Gasteiger partial charge in [-0.3, -0.25) is 0 Å². The minimum Gasteiger partial charge on any atom is -0.234 e. The molecular formula is C22H27ClO2P+. The first-order chi connectivity index (χ1) is 12.6. The fourth-order valence-electron chi connectivity index (χ4n) is 3.07. The molecule has 138 valence electrons. The molecule has 0 N–H and O–H groups in total. The molecule has 0 saturated heterocycles. The van der Waals surface area contributed by atoms with Gasteiger partial charge in [0.25, 0.3) is 0 Å². The van der Waals surface area contributed by atoms with Gasteiger partial charge < -0.3 is 0 Å². The average molecular weight is 390 g/mol. The summed E-state index contributed by atoms with van der Waals surface area (Å²) in [6.45, 7) is 1.83. The van der Waals surface area contributed by atoms with Gasteiger partial charge in [-0.05, 0) is 49.8 Å². The Hall–Kier alpha value is -1.50. The lowest BCUT2D eigenvalue weighted by atomic mass is 10.1. The zero-order valence-corrected chi connectivity index (χ0v) is 17.1. The van der Waals surface area contributed by atoms with Crippen LogP contribution in [0.15, 0.2) is 48.5 Å². The summed E-state index contributed by atoms with van der Waals surface area (Å²) in [6, 6.07) is 15.9. The molecule has 0 heterocycles. The van der Waals surface area contributed by atoms with E-state index in [1.807, 2.05) is 19.1 Å². The van der Waals surface area contributed by atoms with Crippen molar-refractivity contribution in [3.63, 3.8) is 0 Å². The lowest BCUT2D eigenvalue weighted by Gasteiger charge is -2.02. The van der Waals surface area contributed by atoms with Gasteiger partial charge in [0.05, 0.1) is 10.6 Å². The molecule has 0 aliphatic heterocycles. The van der Waals surface area contributed by atoms with E-state index in [4.69, 9.17) is 11.6 Å². The van der Waals surface area contributed by atoms with Crippen molar-refractivity contribution in [1.29, 1.82) is 0 Å². The van der Waals surface area contributed by atoms with Crippen molar-refractivity contribution < 1.29 is 9.36 Å². The minimum absolute atomic E-state index is 0.300. The molecule has 0 aliphatic rings. The van der Waals surface area contributed by atoms with Crippen LogP contribution in [0.1, 0.15) is 60.0 Å². The molecule has 2 aromatic carbocycles. The number of rotatable bonds is 11. The highest BCUT2D eigenvalue weighted by Crippen LogP contribution is 2.33. The van der Waals surface area contributed by atoms with E-state index < -0.39 is 7.80 Å². The summed E-state index contributed by atoms with van der Waals surface area (Å²) in [7, 11) is -1.88. The van der Waals surface area contributed by atoms with Gasteiger partial charge >= 0.3 is 13.3 Å². The first kappa shape index (κ1) is 20.8. The maximum absolute atomic E-state index is 12.4. The second kappa shape index (κ2) is 11.3. The Balaban J connectivity index is 1.59. The molecule has 4 heteroatoms. The van der Waals surface area contributed by atoms with Gasteiger partial charge in [-0.25, -0.2) is 4.79 Å². The van der Waals surface area contributed by atoms with Crippen LogP contribution in [0.2, 0.25) is 5.02 Å². The highest BCUT2D eigenvalue weighted by molar-refractivity contribution is 7.64. The Morgan fingerprint density at radius 2 is 1.54 bits per heavy atom. The molecule has 0 bridgehead atoms. The SMILES string of the molecule is Cc1cccc(Cl)c1C(=O)[P+](=O)CCCCCCCCc1ccccc1. The molecule has 0 fully saturated rings. The summed E-state index contributed by atoms with van der Waals surface area (Å²) in [5, 5.41) is 0.400. The molecule has 2 rings (SSSR count). The molecule has 2 aromatic rings. The molecule has 26 heavy (non-hydrogen) atoms. The number of hydrogen-bond donors (Lipinski definition) is 0. The van der Waals surface area contributed by atoms with Crippen molar-refractivity contribution in [1.82, 2.24) is 0 Å². The van der Waals surface area contributed by atoms with Crippen molar-refractivity contribution in [3.8, 4) is 0 Å². The number of aryl methyl sites for hydroxylation is 2. The Kier molecular flexibility index (Phi) is 9.01. The van der Waals surface area contributed by atoms with Crippen LogP contribution < -0.4 is 0 Å². The standard InChI is InChI=1S/C22H27ClO2P/c1-18-12-11-16-20(23)21(18)22(24)26(25)17-10-5-3-2-4-7-13-19-14-8-6-9-15-19/h6,8-9,11-12,14-16H,2-5,7,10,13,17H2,1H3/q+1. The third-order valence-corrected chi connectivity index (χ3v) is 6.30. The van der Waals surface area contributed by atoms with Crippen molar-refractivity contribution in [2.24, 2.45) is 0 Å². The van der Waals surface area contributed by atoms with Gasteiger partial charge in [0.1, 0.15) is 0 Å². The number of carbonyl (C=O) groups is 1. The highest BCUT2D eigenvalue weighted by atomic mass is 35.5. The van der Waals surface area contributed by atoms with Gasteiger partial charge in [0, 0.05) is 0 Å². The second-order valence-electron chi connectivity index (χ2n) is 6.70. The summed E-state index contributed by atoms with van der Waals surface area (Å²) >= 11 is 6.10. The lowest BCUT2D eigenvalue weighted by molar-refractivity contribution is 0.107. The largest absolute Gasteiger partial charge is 0.420 e. The summed E-state index contributed by atoms with van der Waals surface area (Å²) < 4.78 is 12.3. The van der Waals surface area contributed by atoms with Crippen molar-refractivity contribution in [2.75, 3.05) is 6.16 Å². The molecule has 0 aliphatic carbocycles. The van der Waals surface area contributed by atoms with Crippen molar-refractivity contribution in [2.45, 2.75) is 51.9 Å². The molecular weight excluding hydrogens is 363 g/mol. The normalized spacial score (nSPS) is 11.4. The molecule has 0 spiro atoms. The summed E-state index contributed by atoms with van der Waals surface area (Å²) in [5.41, 5.74) is 2.32. The summed E-state index contributed by atoms with van der Waals surface area (Å²) in [4.78, 5) is 12.4. The molecule has 1 atom stereocenters. The number of halogens is 1. The van der Waals surface area contributed by atoms with Gasteiger partial charge in [0.2, 0.25) is 0 Å². The smallest absolute Gasteiger partial charge is 0.234 e. The van der Waals surface area contributed by atoms with Crippen molar-refractivity contribution >= 4 is 24.9 Å². The Morgan fingerprint density at radius 3 is 2.23 bits per heavy atom. The van der Waals surface area contributed by atoms with Crippen LogP contribution in [0.25, 0.3) is 0 Å². The summed E-state index contributed by atoms with van der Waals surface area (Å²) in [5.74, 6) is 0. The molecule has 0 aromatic heterocycles. The molecule has 2 nitrogen and oxygen atoms in total. The number of benzene rings is 2. The predicted octanol–water partition coefficient (Wildman–Crippen LogP) is 7.20. The molecule has 0 saturated carbocycles. The predicted molar refractivity (Wildman–Crippen MR) is 111 cm³/mol. The average Bonchev–Trinajstić information content (AvgIpc) is 2.64. The van der Waals surface area contributed by atoms with Crippen LogP contribution >= 0.6 is 19.4 Å². The number of carbonyl (C=O) groups excluding carboxylic acids is 1. The van der Waals surface area contributed by atoms with Crippen LogP contribution in [-0.4, -0.2) is 11.7 Å². The fraction of sp³-hybridized carbons (Fsp3) is 0.409. The Morgan fingerprint density at radius 1 is 0.885 bits per heavy atom. The van der Waals surface area contributed by atoms with E-state index in [1.54, 1.807) is 12.1 Å². The molecule has 1 unspecified atom stereocenters. The third-order valence-electron chi connectivity index (χ3n) is 4.58. The zero-order valence-electron chi connectivity index (χ0n) is 15.4. The quantitative estimate of drug-likeness (QED) is 0.301. The fourth-order valence-corrected chi connectivity index (χ4v) is 4.70. The van der Waals surface area contributed by atoms with Crippen LogP contribution in [0.3, 0.4) is 0 Å². The minimum atomic E-state index is -1.88. The Labute approximate surface area is 162 Å². The molecule has 0 amide bonds.